The molecule has 1 fully saturated rings. The summed E-state index contributed by atoms with van der Waals surface area (Å²) in [4.78, 5) is 25.7. The van der Waals surface area contributed by atoms with E-state index >= 15 is 0 Å². The zero-order valence-electron chi connectivity index (χ0n) is 19.5. The number of aromatic nitrogens is 2. The molecule has 0 N–H and O–H groups in total. The van der Waals surface area contributed by atoms with E-state index in [4.69, 9.17) is 19.2 Å². The Labute approximate surface area is 197 Å². The largest absolute Gasteiger partial charge is 0.493 e. The third-order valence-corrected chi connectivity index (χ3v) is 5.79. The third kappa shape index (κ3) is 5.03. The summed E-state index contributed by atoms with van der Waals surface area (Å²) in [5, 5.41) is 0. The van der Waals surface area contributed by atoms with Gasteiger partial charge in [-0.25, -0.2) is 14.4 Å². The fourth-order valence-electron chi connectivity index (χ4n) is 3.94. The second-order valence-electron chi connectivity index (χ2n) is 7.83. The first-order valence-corrected chi connectivity index (χ1v) is 10.9. The molecule has 3 aromatic rings. The Morgan fingerprint density at radius 2 is 1.59 bits per heavy atom. The summed E-state index contributed by atoms with van der Waals surface area (Å²) in [5.41, 5.74) is 2.33. The first-order valence-electron chi connectivity index (χ1n) is 10.9. The summed E-state index contributed by atoms with van der Waals surface area (Å²) in [5.74, 6) is 1.92. The molecule has 34 heavy (non-hydrogen) atoms. The van der Waals surface area contributed by atoms with Crippen LogP contribution in [0.3, 0.4) is 0 Å². The third-order valence-electron chi connectivity index (χ3n) is 5.79. The van der Waals surface area contributed by atoms with Crippen molar-refractivity contribution in [1.82, 2.24) is 14.9 Å². The summed E-state index contributed by atoms with van der Waals surface area (Å²) in [7, 11) is 4.71. The van der Waals surface area contributed by atoms with Gasteiger partial charge >= 0.3 is 0 Å². The fourth-order valence-corrected chi connectivity index (χ4v) is 3.94. The van der Waals surface area contributed by atoms with Crippen molar-refractivity contribution >= 4 is 11.9 Å². The summed E-state index contributed by atoms with van der Waals surface area (Å²) in [6, 6.07) is 11.6. The predicted octanol–water partition coefficient (Wildman–Crippen LogP) is 3.20. The molecule has 0 unspecified atom stereocenters. The maximum Gasteiger partial charge on any atom is 0.227 e. The highest BCUT2D eigenvalue weighted by Gasteiger charge is 2.23. The van der Waals surface area contributed by atoms with Crippen LogP contribution in [0.15, 0.2) is 48.7 Å². The first-order chi connectivity index (χ1) is 16.5. The number of carbonyl (C=O) groups is 1. The standard InChI is InChI=1S/C25H27FN4O4/c1-32-21-15-18(16-22(33-2)24(21)34-3)20-8-9-27-25(28-20)30-12-10-29(11-13-30)23(31)14-17-4-6-19(26)7-5-17/h4-9,15-16H,10-14H2,1-3H3. The molecule has 1 aliphatic rings. The van der Waals surface area contributed by atoms with Crippen molar-refractivity contribution in [2.45, 2.75) is 6.42 Å². The van der Waals surface area contributed by atoms with Gasteiger partial charge in [0.1, 0.15) is 5.82 Å². The second-order valence-corrected chi connectivity index (χ2v) is 7.83. The number of benzene rings is 2. The highest BCUT2D eigenvalue weighted by Crippen LogP contribution is 2.40. The maximum atomic E-state index is 13.1. The van der Waals surface area contributed by atoms with Crippen LogP contribution in [-0.2, 0) is 11.2 Å². The van der Waals surface area contributed by atoms with Crippen LogP contribution < -0.4 is 19.1 Å². The van der Waals surface area contributed by atoms with Crippen molar-refractivity contribution in [1.29, 1.82) is 0 Å². The minimum Gasteiger partial charge on any atom is -0.493 e. The van der Waals surface area contributed by atoms with E-state index in [0.29, 0.717) is 49.4 Å². The number of amides is 1. The van der Waals surface area contributed by atoms with E-state index in [9.17, 15) is 9.18 Å². The summed E-state index contributed by atoms with van der Waals surface area (Å²) >= 11 is 0. The van der Waals surface area contributed by atoms with E-state index < -0.39 is 0 Å². The molecule has 1 aliphatic heterocycles. The van der Waals surface area contributed by atoms with Gasteiger partial charge in [0.2, 0.25) is 17.6 Å². The average molecular weight is 467 g/mol. The molecule has 0 bridgehead atoms. The molecule has 1 aromatic heterocycles. The van der Waals surface area contributed by atoms with Gasteiger partial charge in [-0.2, -0.15) is 0 Å². The number of methoxy groups -OCH3 is 3. The molecule has 2 heterocycles. The van der Waals surface area contributed by atoms with E-state index in [2.05, 4.69) is 9.88 Å². The lowest BCUT2D eigenvalue weighted by atomic mass is 10.1. The number of nitrogens with zero attached hydrogens (tertiary/aromatic N) is 4. The lowest BCUT2D eigenvalue weighted by Gasteiger charge is -2.35. The van der Waals surface area contributed by atoms with Crippen LogP contribution in [0.1, 0.15) is 5.56 Å². The molecule has 4 rings (SSSR count). The van der Waals surface area contributed by atoms with Gasteiger partial charge in [0.15, 0.2) is 11.5 Å². The zero-order chi connectivity index (χ0) is 24.1. The number of piperazine rings is 1. The molecule has 178 valence electrons. The Kier molecular flexibility index (Phi) is 7.10. The molecule has 0 spiro atoms. The van der Waals surface area contributed by atoms with Crippen molar-refractivity contribution in [2.24, 2.45) is 0 Å². The Balaban J connectivity index is 1.45. The van der Waals surface area contributed by atoms with Crippen LogP contribution in [0.2, 0.25) is 0 Å². The average Bonchev–Trinajstić information content (AvgIpc) is 2.89. The van der Waals surface area contributed by atoms with Crippen LogP contribution >= 0.6 is 0 Å². The number of ether oxygens (including phenoxy) is 3. The highest BCUT2D eigenvalue weighted by molar-refractivity contribution is 5.79. The molecule has 9 heteroatoms. The van der Waals surface area contributed by atoms with Crippen molar-refractivity contribution in [3.63, 3.8) is 0 Å². The van der Waals surface area contributed by atoms with Gasteiger partial charge in [-0.3, -0.25) is 4.79 Å². The van der Waals surface area contributed by atoms with E-state index in [1.54, 1.807) is 39.7 Å². The summed E-state index contributed by atoms with van der Waals surface area (Å²) in [6.07, 6.45) is 1.97. The van der Waals surface area contributed by atoms with E-state index in [-0.39, 0.29) is 18.1 Å². The minimum atomic E-state index is -0.307. The summed E-state index contributed by atoms with van der Waals surface area (Å²) in [6.45, 7) is 2.37. The van der Waals surface area contributed by atoms with Gasteiger partial charge in [-0.05, 0) is 35.9 Å². The van der Waals surface area contributed by atoms with Gasteiger partial charge in [-0.15, -0.1) is 0 Å². The molecule has 8 nitrogen and oxygen atoms in total. The van der Waals surface area contributed by atoms with Gasteiger partial charge in [0.25, 0.3) is 0 Å². The van der Waals surface area contributed by atoms with Crippen LogP contribution in [0.5, 0.6) is 17.2 Å². The quantitative estimate of drug-likeness (QED) is 0.529. The molecule has 0 radical (unpaired) electrons. The monoisotopic (exact) mass is 466 g/mol. The normalized spacial score (nSPS) is 13.5. The number of rotatable bonds is 7. The molecule has 0 aliphatic carbocycles. The molecule has 2 aromatic carbocycles. The smallest absolute Gasteiger partial charge is 0.227 e. The SMILES string of the molecule is COc1cc(-c2ccnc(N3CCN(C(=O)Cc4ccc(F)cc4)CC3)n2)cc(OC)c1OC. The Bertz CT molecular complexity index is 1120. The minimum absolute atomic E-state index is 0.0263. The van der Waals surface area contributed by atoms with Gasteiger partial charge in [0.05, 0.1) is 33.4 Å². The molecule has 1 amide bonds. The van der Waals surface area contributed by atoms with Crippen molar-refractivity contribution in [2.75, 3.05) is 52.4 Å². The molecule has 0 atom stereocenters. The molecule has 1 saturated heterocycles. The fraction of sp³-hybridized carbons (Fsp3) is 0.320. The topological polar surface area (TPSA) is 77.0 Å². The Morgan fingerprint density at radius 1 is 0.941 bits per heavy atom. The number of hydrogen-bond donors (Lipinski definition) is 0. The maximum absolute atomic E-state index is 13.1. The van der Waals surface area contributed by atoms with E-state index in [0.717, 1.165) is 16.8 Å². The zero-order valence-corrected chi connectivity index (χ0v) is 19.5. The van der Waals surface area contributed by atoms with Crippen LogP contribution in [0, 0.1) is 5.82 Å². The van der Waals surface area contributed by atoms with Crippen molar-refractivity contribution in [3.05, 3.63) is 60.0 Å². The highest BCUT2D eigenvalue weighted by atomic mass is 19.1. The van der Waals surface area contributed by atoms with Crippen molar-refractivity contribution in [3.8, 4) is 28.5 Å². The van der Waals surface area contributed by atoms with Crippen LogP contribution in [-0.4, -0.2) is 68.3 Å². The number of hydrogen-bond acceptors (Lipinski definition) is 7. The summed E-state index contributed by atoms with van der Waals surface area (Å²) < 4.78 is 29.4. The Hall–Kier alpha value is -3.88. The molecule has 0 saturated carbocycles. The van der Waals surface area contributed by atoms with Crippen LogP contribution in [0.4, 0.5) is 10.3 Å². The molecular weight excluding hydrogens is 439 g/mol. The van der Waals surface area contributed by atoms with E-state index in [1.807, 2.05) is 23.1 Å². The Morgan fingerprint density at radius 3 is 2.18 bits per heavy atom. The van der Waals surface area contributed by atoms with Gasteiger partial charge < -0.3 is 24.0 Å². The molecular formula is C25H27FN4O4. The predicted molar refractivity (Wildman–Crippen MR) is 126 cm³/mol. The number of halogens is 1. The lowest BCUT2D eigenvalue weighted by molar-refractivity contribution is -0.130. The van der Waals surface area contributed by atoms with Crippen molar-refractivity contribution < 1.29 is 23.4 Å². The second kappa shape index (κ2) is 10.4. The lowest BCUT2D eigenvalue weighted by Crippen LogP contribution is -2.49. The van der Waals surface area contributed by atoms with E-state index in [1.165, 1.54) is 12.1 Å². The van der Waals surface area contributed by atoms with Crippen LogP contribution in [0.25, 0.3) is 11.3 Å². The van der Waals surface area contributed by atoms with Gasteiger partial charge in [0, 0.05) is 37.9 Å². The van der Waals surface area contributed by atoms with Gasteiger partial charge in [-0.1, -0.05) is 12.1 Å². The first kappa shape index (κ1) is 23.3. The number of anilines is 1. The number of carbonyl (C=O) groups excluding carboxylic acids is 1.